The van der Waals surface area contributed by atoms with Crippen LogP contribution in [0.25, 0.3) is 0 Å². The summed E-state index contributed by atoms with van der Waals surface area (Å²) < 4.78 is 61.0. The second kappa shape index (κ2) is 5.01. The number of carbonyl (C=O) groups excluding carboxylic acids is 1. The van der Waals surface area contributed by atoms with Crippen LogP contribution in [-0.2, 0) is 4.79 Å². The molecular formula is C9H4Cl2F5NO2. The van der Waals surface area contributed by atoms with Crippen molar-refractivity contribution in [3.05, 3.63) is 22.2 Å². The number of phenols is 1. The summed E-state index contributed by atoms with van der Waals surface area (Å²) >= 11 is 10.8. The topological polar surface area (TPSA) is 49.3 Å². The van der Waals surface area contributed by atoms with Crippen LogP contribution in [0.2, 0.25) is 10.0 Å². The quantitative estimate of drug-likeness (QED) is 0.641. The minimum absolute atomic E-state index is 0.418. The SMILES string of the molecule is O=C(Nc1cc(Cl)c(O)c(Cl)c1)C(F)(F)C(F)(F)F. The summed E-state index contributed by atoms with van der Waals surface area (Å²) in [6.07, 6.45) is -6.03. The van der Waals surface area contributed by atoms with E-state index in [1.165, 1.54) is 5.32 Å². The van der Waals surface area contributed by atoms with Crippen molar-refractivity contribution in [3.8, 4) is 5.75 Å². The summed E-state index contributed by atoms with van der Waals surface area (Å²) in [6, 6.07) is 1.54. The highest BCUT2D eigenvalue weighted by Gasteiger charge is 2.63. The molecule has 1 rings (SSSR count). The molecule has 1 amide bonds. The molecule has 1 aromatic carbocycles. The average molecular weight is 324 g/mol. The van der Waals surface area contributed by atoms with E-state index in [-0.39, 0.29) is 0 Å². The van der Waals surface area contributed by atoms with Gasteiger partial charge in [-0.1, -0.05) is 23.2 Å². The maximum absolute atomic E-state index is 12.6. The summed E-state index contributed by atoms with van der Waals surface area (Å²) in [4.78, 5) is 10.9. The number of amides is 1. The number of rotatable bonds is 2. The Morgan fingerprint density at radius 2 is 1.53 bits per heavy atom. The fourth-order valence-electron chi connectivity index (χ4n) is 0.976. The summed E-state index contributed by atoms with van der Waals surface area (Å²) in [5, 5.41) is 9.62. The third-order valence-electron chi connectivity index (χ3n) is 1.92. The first-order valence-corrected chi connectivity index (χ1v) is 5.16. The lowest BCUT2D eigenvalue weighted by atomic mass is 10.2. The molecule has 3 nitrogen and oxygen atoms in total. The Labute approximate surface area is 112 Å². The zero-order valence-corrected chi connectivity index (χ0v) is 10.2. The minimum Gasteiger partial charge on any atom is -0.505 e. The van der Waals surface area contributed by atoms with Crippen molar-refractivity contribution >= 4 is 34.8 Å². The number of aromatic hydroxyl groups is 1. The lowest BCUT2D eigenvalue weighted by Gasteiger charge is -2.18. The molecule has 0 saturated heterocycles. The molecular weight excluding hydrogens is 320 g/mol. The lowest BCUT2D eigenvalue weighted by molar-refractivity contribution is -0.267. The molecule has 0 atom stereocenters. The highest BCUT2D eigenvalue weighted by molar-refractivity contribution is 6.37. The monoisotopic (exact) mass is 323 g/mol. The van der Waals surface area contributed by atoms with Crippen molar-refractivity contribution in [1.82, 2.24) is 0 Å². The Bertz CT molecular complexity index is 495. The predicted octanol–water partition coefficient (Wildman–Crippen LogP) is 3.84. The van der Waals surface area contributed by atoms with Gasteiger partial charge < -0.3 is 10.4 Å². The van der Waals surface area contributed by atoms with Gasteiger partial charge in [0.25, 0.3) is 0 Å². The molecule has 19 heavy (non-hydrogen) atoms. The second-order valence-electron chi connectivity index (χ2n) is 3.31. The van der Waals surface area contributed by atoms with Gasteiger partial charge in [-0.15, -0.1) is 0 Å². The maximum Gasteiger partial charge on any atom is 0.463 e. The van der Waals surface area contributed by atoms with Gasteiger partial charge in [0.05, 0.1) is 10.0 Å². The second-order valence-corrected chi connectivity index (χ2v) is 4.13. The Balaban J connectivity index is 3.02. The van der Waals surface area contributed by atoms with Crippen LogP contribution in [0.1, 0.15) is 0 Å². The van der Waals surface area contributed by atoms with E-state index >= 15 is 0 Å². The number of alkyl halides is 5. The zero-order chi connectivity index (χ0) is 15.0. The minimum atomic E-state index is -6.03. The third-order valence-corrected chi connectivity index (χ3v) is 2.49. The Hall–Kier alpha value is -1.28. The average Bonchev–Trinajstić information content (AvgIpc) is 2.24. The standard InChI is InChI=1S/C9H4Cl2F5NO2/c10-4-1-3(2-5(11)6(4)18)17-7(19)8(12,13)9(14,15)16/h1-2,18H,(H,17,19). The van der Waals surface area contributed by atoms with Crippen LogP contribution in [0.4, 0.5) is 27.6 Å². The molecule has 0 spiro atoms. The Morgan fingerprint density at radius 1 is 1.11 bits per heavy atom. The van der Waals surface area contributed by atoms with E-state index in [2.05, 4.69) is 0 Å². The molecule has 0 heterocycles. The molecule has 0 saturated carbocycles. The molecule has 0 fully saturated rings. The molecule has 0 bridgehead atoms. The molecule has 106 valence electrons. The number of hydrogen-bond acceptors (Lipinski definition) is 2. The third kappa shape index (κ3) is 3.19. The van der Waals surface area contributed by atoms with Gasteiger partial charge in [0.1, 0.15) is 0 Å². The number of benzene rings is 1. The number of hydrogen-bond donors (Lipinski definition) is 2. The van der Waals surface area contributed by atoms with Crippen molar-refractivity contribution in [3.63, 3.8) is 0 Å². The maximum atomic E-state index is 12.6. The van der Waals surface area contributed by atoms with Gasteiger partial charge in [-0.25, -0.2) is 0 Å². The molecule has 0 aliphatic heterocycles. The Kier molecular flexibility index (Phi) is 4.16. The number of nitrogens with one attached hydrogen (secondary N) is 1. The van der Waals surface area contributed by atoms with Crippen molar-refractivity contribution in [2.75, 3.05) is 5.32 Å². The molecule has 0 aliphatic rings. The van der Waals surface area contributed by atoms with Crippen LogP contribution >= 0.6 is 23.2 Å². The van der Waals surface area contributed by atoms with Crippen LogP contribution in [0.5, 0.6) is 5.75 Å². The normalized spacial score (nSPS) is 12.4. The molecule has 10 heteroatoms. The van der Waals surface area contributed by atoms with Gasteiger partial charge in [0.15, 0.2) is 5.75 Å². The van der Waals surface area contributed by atoms with Crippen LogP contribution < -0.4 is 5.32 Å². The van der Waals surface area contributed by atoms with Gasteiger partial charge in [0.2, 0.25) is 0 Å². The van der Waals surface area contributed by atoms with Crippen LogP contribution in [0, 0.1) is 0 Å². The molecule has 2 N–H and O–H groups in total. The van der Waals surface area contributed by atoms with Gasteiger partial charge in [-0.05, 0) is 12.1 Å². The molecule has 0 unspecified atom stereocenters. The van der Waals surface area contributed by atoms with Crippen molar-refractivity contribution in [2.24, 2.45) is 0 Å². The highest BCUT2D eigenvalue weighted by Crippen LogP contribution is 2.38. The highest BCUT2D eigenvalue weighted by atomic mass is 35.5. The van der Waals surface area contributed by atoms with E-state index in [0.717, 1.165) is 12.1 Å². The fourth-order valence-corrected chi connectivity index (χ4v) is 1.46. The van der Waals surface area contributed by atoms with Crippen molar-refractivity contribution in [2.45, 2.75) is 12.1 Å². The van der Waals surface area contributed by atoms with Crippen molar-refractivity contribution in [1.29, 1.82) is 0 Å². The first-order chi connectivity index (χ1) is 8.46. The van der Waals surface area contributed by atoms with E-state index in [0.29, 0.717) is 0 Å². The molecule has 0 radical (unpaired) electrons. The number of anilines is 1. The Morgan fingerprint density at radius 3 is 1.89 bits per heavy atom. The van der Waals surface area contributed by atoms with E-state index in [9.17, 15) is 26.7 Å². The number of phenolic OH excluding ortho intramolecular Hbond substituents is 1. The molecule has 1 aromatic rings. The van der Waals surface area contributed by atoms with E-state index < -0.39 is 39.5 Å². The largest absolute Gasteiger partial charge is 0.505 e. The van der Waals surface area contributed by atoms with Gasteiger partial charge >= 0.3 is 18.0 Å². The van der Waals surface area contributed by atoms with Gasteiger partial charge in [0, 0.05) is 5.69 Å². The summed E-state index contributed by atoms with van der Waals surface area (Å²) in [5.41, 5.74) is -0.512. The summed E-state index contributed by atoms with van der Waals surface area (Å²) in [6.45, 7) is 0. The van der Waals surface area contributed by atoms with Crippen LogP contribution in [0.15, 0.2) is 12.1 Å². The smallest absolute Gasteiger partial charge is 0.463 e. The van der Waals surface area contributed by atoms with Crippen LogP contribution in [-0.4, -0.2) is 23.1 Å². The number of carbonyl (C=O) groups is 1. The molecule has 0 aliphatic carbocycles. The first kappa shape index (κ1) is 15.8. The summed E-state index contributed by atoms with van der Waals surface area (Å²) in [5.74, 6) is -8.74. The predicted molar refractivity (Wildman–Crippen MR) is 57.8 cm³/mol. The van der Waals surface area contributed by atoms with E-state index in [1.807, 2.05) is 0 Å². The first-order valence-electron chi connectivity index (χ1n) is 4.41. The van der Waals surface area contributed by atoms with Crippen molar-refractivity contribution < 1.29 is 31.9 Å². The zero-order valence-electron chi connectivity index (χ0n) is 8.66. The summed E-state index contributed by atoms with van der Waals surface area (Å²) in [7, 11) is 0. The van der Waals surface area contributed by atoms with E-state index in [4.69, 9.17) is 28.3 Å². The molecule has 0 aromatic heterocycles. The lowest BCUT2D eigenvalue weighted by Crippen LogP contribution is -2.47. The van der Waals surface area contributed by atoms with Gasteiger partial charge in [-0.2, -0.15) is 22.0 Å². The van der Waals surface area contributed by atoms with Gasteiger partial charge in [-0.3, -0.25) is 4.79 Å². The number of halogens is 7. The van der Waals surface area contributed by atoms with E-state index in [1.54, 1.807) is 0 Å². The van der Waals surface area contributed by atoms with Crippen LogP contribution in [0.3, 0.4) is 0 Å². The fraction of sp³-hybridized carbons (Fsp3) is 0.222.